The summed E-state index contributed by atoms with van der Waals surface area (Å²) in [5.41, 5.74) is 0.957. The molecular weight excluding hydrogens is 282 g/mol. The van der Waals surface area contributed by atoms with E-state index in [1.54, 1.807) is 0 Å². The smallest absolute Gasteiger partial charge is 0.0964 e. The average Bonchev–Trinajstić information content (AvgIpc) is 2.94. The Morgan fingerprint density at radius 3 is 2.64 bits per heavy atom. The molecule has 0 aliphatic rings. The molecular formula is C15H31N5O2. The summed E-state index contributed by atoms with van der Waals surface area (Å²) >= 11 is 0. The van der Waals surface area contributed by atoms with Gasteiger partial charge in [0.2, 0.25) is 0 Å². The second-order valence-corrected chi connectivity index (χ2v) is 5.58. The summed E-state index contributed by atoms with van der Waals surface area (Å²) in [7, 11) is 0. The predicted octanol–water partition coefficient (Wildman–Crippen LogP) is 0.666. The summed E-state index contributed by atoms with van der Waals surface area (Å²) in [6.07, 6.45) is 1.95. The van der Waals surface area contributed by atoms with E-state index in [4.69, 9.17) is 9.47 Å². The van der Waals surface area contributed by atoms with Gasteiger partial charge in [-0.3, -0.25) is 0 Å². The molecule has 7 heteroatoms. The lowest BCUT2D eigenvalue weighted by molar-refractivity contribution is 0.0448. The highest BCUT2D eigenvalue weighted by Gasteiger charge is 1.99. The van der Waals surface area contributed by atoms with Crippen LogP contribution in [0.25, 0.3) is 0 Å². The zero-order chi connectivity index (χ0) is 16.0. The van der Waals surface area contributed by atoms with E-state index in [1.807, 2.05) is 10.9 Å². The molecule has 0 spiro atoms. The second-order valence-electron chi connectivity index (χ2n) is 5.58. The fourth-order valence-electron chi connectivity index (χ4n) is 1.80. The van der Waals surface area contributed by atoms with Crippen molar-refractivity contribution in [3.63, 3.8) is 0 Å². The zero-order valence-corrected chi connectivity index (χ0v) is 14.2. The fourth-order valence-corrected chi connectivity index (χ4v) is 1.80. The van der Waals surface area contributed by atoms with E-state index in [-0.39, 0.29) is 0 Å². The maximum atomic E-state index is 5.52. The number of rotatable bonds is 14. The van der Waals surface area contributed by atoms with Gasteiger partial charge in [0.1, 0.15) is 0 Å². The Labute approximate surface area is 133 Å². The lowest BCUT2D eigenvalue weighted by atomic mass is 10.2. The van der Waals surface area contributed by atoms with Gasteiger partial charge < -0.3 is 20.1 Å². The molecule has 0 saturated heterocycles. The molecule has 0 unspecified atom stereocenters. The molecule has 1 aromatic rings. The van der Waals surface area contributed by atoms with Crippen LogP contribution in [0, 0.1) is 5.92 Å². The molecule has 22 heavy (non-hydrogen) atoms. The summed E-state index contributed by atoms with van der Waals surface area (Å²) in [6, 6.07) is 0. The Hall–Kier alpha value is -1.02. The van der Waals surface area contributed by atoms with E-state index in [9.17, 15) is 0 Å². The SMILES string of the molecule is CCNCc1cn(CCOCCOCCNCC(C)C)nn1. The lowest BCUT2D eigenvalue weighted by Gasteiger charge is -2.08. The number of hydrogen-bond donors (Lipinski definition) is 2. The normalized spacial score (nSPS) is 11.5. The van der Waals surface area contributed by atoms with Crippen LogP contribution >= 0.6 is 0 Å². The molecule has 0 amide bonds. The monoisotopic (exact) mass is 313 g/mol. The predicted molar refractivity (Wildman–Crippen MR) is 86.7 cm³/mol. The molecule has 0 atom stereocenters. The molecule has 0 radical (unpaired) electrons. The third-order valence-corrected chi connectivity index (χ3v) is 2.95. The zero-order valence-electron chi connectivity index (χ0n) is 14.2. The van der Waals surface area contributed by atoms with Gasteiger partial charge in [-0.15, -0.1) is 5.10 Å². The summed E-state index contributed by atoms with van der Waals surface area (Å²) in [5.74, 6) is 0.679. The van der Waals surface area contributed by atoms with Crippen LogP contribution in [-0.4, -0.2) is 61.1 Å². The molecule has 0 aliphatic carbocycles. The molecule has 1 rings (SSSR count). The van der Waals surface area contributed by atoms with E-state index in [1.165, 1.54) is 0 Å². The number of nitrogens with one attached hydrogen (secondary N) is 2. The molecule has 0 bridgehead atoms. The van der Waals surface area contributed by atoms with Gasteiger partial charge in [0.05, 0.1) is 38.7 Å². The summed E-state index contributed by atoms with van der Waals surface area (Å²) in [5, 5.41) is 14.7. The fraction of sp³-hybridized carbons (Fsp3) is 0.867. The first-order valence-electron chi connectivity index (χ1n) is 8.18. The van der Waals surface area contributed by atoms with Gasteiger partial charge in [0, 0.05) is 19.3 Å². The van der Waals surface area contributed by atoms with E-state index < -0.39 is 0 Å². The van der Waals surface area contributed by atoms with Crippen molar-refractivity contribution in [2.75, 3.05) is 46.1 Å². The quantitative estimate of drug-likeness (QED) is 0.492. The van der Waals surface area contributed by atoms with E-state index in [2.05, 4.69) is 41.7 Å². The van der Waals surface area contributed by atoms with Crippen LogP contribution in [0.1, 0.15) is 26.5 Å². The van der Waals surface area contributed by atoms with Gasteiger partial charge in [0.25, 0.3) is 0 Å². The van der Waals surface area contributed by atoms with E-state index in [0.29, 0.717) is 25.7 Å². The molecule has 0 aromatic carbocycles. The van der Waals surface area contributed by atoms with Crippen LogP contribution in [0.2, 0.25) is 0 Å². The summed E-state index contributed by atoms with van der Waals surface area (Å²) < 4.78 is 12.8. The van der Waals surface area contributed by atoms with Crippen LogP contribution < -0.4 is 10.6 Å². The van der Waals surface area contributed by atoms with Crippen molar-refractivity contribution in [3.05, 3.63) is 11.9 Å². The van der Waals surface area contributed by atoms with Crippen LogP contribution in [0.15, 0.2) is 6.20 Å². The maximum Gasteiger partial charge on any atom is 0.0964 e. The summed E-state index contributed by atoms with van der Waals surface area (Å²) in [4.78, 5) is 0. The molecule has 7 nitrogen and oxygen atoms in total. The standard InChI is InChI=1S/C15H31N5O2/c1-4-16-12-15-13-20(19-18-15)6-8-22-10-9-21-7-5-17-11-14(2)3/h13-14,16-17H,4-12H2,1-3H3. The van der Waals surface area contributed by atoms with Crippen LogP contribution in [0.4, 0.5) is 0 Å². The summed E-state index contributed by atoms with van der Waals surface area (Å²) in [6.45, 7) is 13.4. The van der Waals surface area contributed by atoms with Crippen LogP contribution in [-0.2, 0) is 22.6 Å². The van der Waals surface area contributed by atoms with Gasteiger partial charge in [-0.2, -0.15) is 0 Å². The highest BCUT2D eigenvalue weighted by Crippen LogP contribution is 1.93. The van der Waals surface area contributed by atoms with Crippen molar-refractivity contribution >= 4 is 0 Å². The van der Waals surface area contributed by atoms with Crippen molar-refractivity contribution in [1.82, 2.24) is 25.6 Å². The Morgan fingerprint density at radius 1 is 1.14 bits per heavy atom. The first-order chi connectivity index (χ1) is 10.7. The van der Waals surface area contributed by atoms with E-state index in [0.717, 1.165) is 45.0 Å². The number of aromatic nitrogens is 3. The van der Waals surface area contributed by atoms with Crippen molar-refractivity contribution in [2.45, 2.75) is 33.9 Å². The van der Waals surface area contributed by atoms with Crippen LogP contribution in [0.3, 0.4) is 0 Å². The lowest BCUT2D eigenvalue weighted by Crippen LogP contribution is -2.24. The molecule has 2 N–H and O–H groups in total. The minimum atomic E-state index is 0.614. The minimum Gasteiger partial charge on any atom is -0.378 e. The Kier molecular flexibility index (Phi) is 10.8. The van der Waals surface area contributed by atoms with Crippen LogP contribution in [0.5, 0.6) is 0 Å². The number of nitrogens with zero attached hydrogens (tertiary/aromatic N) is 3. The first-order valence-corrected chi connectivity index (χ1v) is 8.18. The van der Waals surface area contributed by atoms with Gasteiger partial charge in [-0.1, -0.05) is 26.0 Å². The largest absolute Gasteiger partial charge is 0.378 e. The van der Waals surface area contributed by atoms with Gasteiger partial charge >= 0.3 is 0 Å². The Bertz CT molecular complexity index is 371. The number of ether oxygens (including phenoxy) is 2. The Balaban J connectivity index is 1.90. The second kappa shape index (κ2) is 12.5. The topological polar surface area (TPSA) is 73.2 Å². The first kappa shape index (κ1) is 19.0. The van der Waals surface area contributed by atoms with Gasteiger partial charge in [-0.25, -0.2) is 4.68 Å². The van der Waals surface area contributed by atoms with E-state index >= 15 is 0 Å². The Morgan fingerprint density at radius 2 is 1.91 bits per heavy atom. The molecule has 0 fully saturated rings. The van der Waals surface area contributed by atoms with Gasteiger partial charge in [-0.05, 0) is 19.0 Å². The minimum absolute atomic E-state index is 0.614. The number of hydrogen-bond acceptors (Lipinski definition) is 6. The third kappa shape index (κ3) is 9.83. The molecule has 0 saturated carbocycles. The molecule has 128 valence electrons. The van der Waals surface area contributed by atoms with Crippen molar-refractivity contribution in [3.8, 4) is 0 Å². The third-order valence-electron chi connectivity index (χ3n) is 2.95. The molecule has 0 aliphatic heterocycles. The van der Waals surface area contributed by atoms with Gasteiger partial charge in [0.15, 0.2) is 0 Å². The average molecular weight is 313 g/mol. The van der Waals surface area contributed by atoms with Crippen molar-refractivity contribution < 1.29 is 9.47 Å². The highest BCUT2D eigenvalue weighted by atomic mass is 16.5. The molecule has 1 heterocycles. The maximum absolute atomic E-state index is 5.52. The van der Waals surface area contributed by atoms with Crippen molar-refractivity contribution in [1.29, 1.82) is 0 Å². The molecule has 1 aromatic heterocycles. The highest BCUT2D eigenvalue weighted by molar-refractivity contribution is 4.91. The van der Waals surface area contributed by atoms with Crippen molar-refractivity contribution in [2.24, 2.45) is 5.92 Å².